The zero-order chi connectivity index (χ0) is 24.5. The molecule has 0 radical (unpaired) electrons. The van der Waals surface area contributed by atoms with Gasteiger partial charge in [0.2, 0.25) is 11.8 Å². The third kappa shape index (κ3) is 7.31. The first-order chi connectivity index (χ1) is 15.6. The van der Waals surface area contributed by atoms with E-state index in [1.165, 1.54) is 9.47 Å². The van der Waals surface area contributed by atoms with Gasteiger partial charge in [-0.1, -0.05) is 51.1 Å². The number of H-pyrrole nitrogens is 1. The number of anilines is 2. The molecule has 2 rings (SSSR count). The number of nitrogen functional groups attached to an aromatic ring is 1. The summed E-state index contributed by atoms with van der Waals surface area (Å²) in [6.45, 7) is 6.66. The Morgan fingerprint density at radius 1 is 1.15 bits per heavy atom. The van der Waals surface area contributed by atoms with Gasteiger partial charge in [0.05, 0.1) is 19.6 Å². The van der Waals surface area contributed by atoms with Gasteiger partial charge in [0, 0.05) is 13.1 Å². The zero-order valence-corrected chi connectivity index (χ0v) is 19.8. The van der Waals surface area contributed by atoms with Gasteiger partial charge < -0.3 is 16.0 Å². The summed E-state index contributed by atoms with van der Waals surface area (Å²) in [7, 11) is 1.65. The third-order valence-electron chi connectivity index (χ3n) is 4.91. The van der Waals surface area contributed by atoms with Gasteiger partial charge in [-0.3, -0.25) is 28.8 Å². The normalized spacial score (nSPS) is 11.1. The molecule has 4 N–H and O–H groups in total. The van der Waals surface area contributed by atoms with E-state index in [4.69, 9.17) is 5.73 Å². The number of carbonyl (C=O) groups is 2. The third-order valence-corrected chi connectivity index (χ3v) is 4.91. The lowest BCUT2D eigenvalue weighted by molar-refractivity contribution is -0.123. The van der Waals surface area contributed by atoms with Gasteiger partial charge in [0.1, 0.15) is 5.82 Å². The van der Waals surface area contributed by atoms with E-state index in [2.05, 4.69) is 10.3 Å². The molecule has 0 aliphatic heterocycles. The molecule has 2 aromatic rings. The topological polar surface area (TPSA) is 134 Å². The second-order valence-electron chi connectivity index (χ2n) is 8.49. The Labute approximate surface area is 193 Å². The van der Waals surface area contributed by atoms with Gasteiger partial charge in [0.25, 0.3) is 5.56 Å². The smallest absolute Gasteiger partial charge is 0.330 e. The van der Waals surface area contributed by atoms with Crippen LogP contribution in [0.25, 0.3) is 0 Å². The average molecular weight is 459 g/mol. The molecule has 0 aliphatic rings. The molecule has 0 unspecified atom stereocenters. The van der Waals surface area contributed by atoms with Crippen molar-refractivity contribution in [3.63, 3.8) is 0 Å². The first-order valence-corrected chi connectivity index (χ1v) is 11.1. The molecule has 0 atom stereocenters. The van der Waals surface area contributed by atoms with Crippen LogP contribution in [0.5, 0.6) is 0 Å². The summed E-state index contributed by atoms with van der Waals surface area (Å²) < 4.78 is 1.24. The molecule has 33 heavy (non-hydrogen) atoms. The summed E-state index contributed by atoms with van der Waals surface area (Å²) in [5.41, 5.74) is 5.68. The van der Waals surface area contributed by atoms with Gasteiger partial charge in [0.15, 0.2) is 5.69 Å². The highest BCUT2D eigenvalue weighted by Crippen LogP contribution is 2.19. The van der Waals surface area contributed by atoms with Crippen molar-refractivity contribution in [3.05, 3.63) is 56.7 Å². The summed E-state index contributed by atoms with van der Waals surface area (Å²) in [6.07, 6.45) is 0.817. The number of benzene rings is 1. The van der Waals surface area contributed by atoms with Crippen LogP contribution in [0.15, 0.2) is 39.9 Å². The van der Waals surface area contributed by atoms with Crippen LogP contribution in [0.2, 0.25) is 0 Å². The molecule has 1 aromatic carbocycles. The highest BCUT2D eigenvalue weighted by atomic mass is 16.2. The van der Waals surface area contributed by atoms with E-state index in [0.29, 0.717) is 6.54 Å². The van der Waals surface area contributed by atoms with Crippen molar-refractivity contribution in [2.24, 2.45) is 5.92 Å². The van der Waals surface area contributed by atoms with E-state index in [1.807, 2.05) is 51.1 Å². The minimum Gasteiger partial charge on any atom is -0.383 e. The molecule has 2 amide bonds. The van der Waals surface area contributed by atoms with Gasteiger partial charge in [-0.25, -0.2) is 4.79 Å². The highest BCUT2D eigenvalue weighted by molar-refractivity contribution is 5.97. The molecule has 0 saturated carbocycles. The van der Waals surface area contributed by atoms with Crippen LogP contribution in [0.4, 0.5) is 11.5 Å². The molecular formula is C23H34N6O4. The monoisotopic (exact) mass is 458 g/mol. The Morgan fingerprint density at radius 2 is 1.82 bits per heavy atom. The summed E-state index contributed by atoms with van der Waals surface area (Å²) in [4.78, 5) is 55.6. The Kier molecular flexibility index (Phi) is 9.41. The lowest BCUT2D eigenvalue weighted by Gasteiger charge is -2.28. The Balaban J connectivity index is 2.35. The molecule has 0 fully saturated rings. The van der Waals surface area contributed by atoms with Gasteiger partial charge in [-0.15, -0.1) is 0 Å². The van der Waals surface area contributed by atoms with Crippen molar-refractivity contribution in [2.75, 3.05) is 43.9 Å². The lowest BCUT2D eigenvalue weighted by Crippen LogP contribution is -2.47. The van der Waals surface area contributed by atoms with Crippen LogP contribution in [0.1, 0.15) is 32.8 Å². The number of nitrogens with two attached hydrogens (primary N) is 1. The largest absolute Gasteiger partial charge is 0.383 e. The maximum atomic E-state index is 13.2. The van der Waals surface area contributed by atoms with Crippen molar-refractivity contribution in [3.8, 4) is 0 Å². The number of amides is 2. The number of hydrogen-bond donors (Lipinski definition) is 3. The molecule has 1 aromatic heterocycles. The van der Waals surface area contributed by atoms with E-state index >= 15 is 0 Å². The number of carbonyl (C=O) groups excluding carboxylic acids is 2. The summed E-state index contributed by atoms with van der Waals surface area (Å²) in [5.74, 6) is -0.627. The van der Waals surface area contributed by atoms with Crippen LogP contribution in [-0.4, -0.2) is 59.5 Å². The molecule has 10 nitrogen and oxygen atoms in total. The number of likely N-dealkylation sites (N-methyl/N-ethyl adjacent to an activating group) is 1. The molecule has 0 aliphatic carbocycles. The highest BCUT2D eigenvalue weighted by Gasteiger charge is 2.26. The van der Waals surface area contributed by atoms with Crippen LogP contribution in [0, 0.1) is 5.92 Å². The van der Waals surface area contributed by atoms with E-state index in [0.717, 1.165) is 12.0 Å². The van der Waals surface area contributed by atoms with Gasteiger partial charge >= 0.3 is 5.69 Å². The van der Waals surface area contributed by atoms with Crippen LogP contribution < -0.4 is 27.2 Å². The van der Waals surface area contributed by atoms with Crippen LogP contribution in [0.3, 0.4) is 0 Å². The Morgan fingerprint density at radius 3 is 2.42 bits per heavy atom. The lowest BCUT2D eigenvalue weighted by atomic mass is 10.2. The predicted molar refractivity (Wildman–Crippen MR) is 129 cm³/mol. The Bertz CT molecular complexity index is 1060. The number of rotatable bonds is 11. The van der Waals surface area contributed by atoms with Gasteiger partial charge in [-0.05, 0) is 24.9 Å². The van der Waals surface area contributed by atoms with Gasteiger partial charge in [-0.2, -0.15) is 0 Å². The zero-order valence-electron chi connectivity index (χ0n) is 19.8. The van der Waals surface area contributed by atoms with Crippen molar-refractivity contribution in [1.29, 1.82) is 0 Å². The van der Waals surface area contributed by atoms with Crippen LogP contribution in [-0.2, 0) is 16.1 Å². The first-order valence-electron chi connectivity index (χ1n) is 11.1. The van der Waals surface area contributed by atoms with E-state index in [1.54, 1.807) is 11.9 Å². The molecule has 10 heteroatoms. The predicted octanol–water partition coefficient (Wildman–Crippen LogP) is 0.614. The first kappa shape index (κ1) is 25.9. The number of nitrogens with zero attached hydrogens (tertiary/aromatic N) is 3. The molecule has 1 heterocycles. The van der Waals surface area contributed by atoms with Crippen LogP contribution >= 0.6 is 0 Å². The minimum atomic E-state index is -0.723. The quantitative estimate of drug-likeness (QED) is 0.452. The van der Waals surface area contributed by atoms with Crippen molar-refractivity contribution >= 4 is 23.3 Å². The molecule has 0 spiro atoms. The van der Waals surface area contributed by atoms with Crippen molar-refractivity contribution in [1.82, 2.24) is 19.8 Å². The maximum Gasteiger partial charge on any atom is 0.330 e. The molecule has 0 bridgehead atoms. The minimum absolute atomic E-state index is 0.0282. The SMILES string of the molecule is CCCNC(=O)CN(C)CC(=O)N(CC(C)C)c1c(N)n(Cc2ccccc2)c(=O)[nH]c1=O. The number of aromatic amines is 1. The standard InChI is InChI=1S/C23H34N6O4/c1-5-11-25-18(30)14-27(4)15-19(31)28(12-16(2)3)20-21(24)29(23(33)26-22(20)32)13-17-9-7-6-8-10-17/h6-10,16H,5,11-15,24H2,1-4H3,(H,25,30)(H,26,32,33). The van der Waals surface area contributed by atoms with Crippen molar-refractivity contribution < 1.29 is 9.59 Å². The number of hydrogen-bond acceptors (Lipinski definition) is 6. The summed E-state index contributed by atoms with van der Waals surface area (Å²) in [6, 6.07) is 9.21. The molecular weight excluding hydrogens is 424 g/mol. The van der Waals surface area contributed by atoms with E-state index in [-0.39, 0.29) is 49.5 Å². The average Bonchev–Trinajstić information content (AvgIpc) is 2.74. The molecule has 180 valence electrons. The maximum absolute atomic E-state index is 13.2. The fourth-order valence-electron chi connectivity index (χ4n) is 3.38. The second-order valence-corrected chi connectivity index (χ2v) is 8.49. The number of aromatic nitrogens is 2. The fourth-order valence-corrected chi connectivity index (χ4v) is 3.38. The summed E-state index contributed by atoms with van der Waals surface area (Å²) >= 11 is 0. The van der Waals surface area contributed by atoms with Crippen molar-refractivity contribution in [2.45, 2.75) is 33.7 Å². The fraction of sp³-hybridized carbons (Fsp3) is 0.478. The van der Waals surface area contributed by atoms with E-state index in [9.17, 15) is 19.2 Å². The second kappa shape index (κ2) is 12.0. The number of nitrogens with one attached hydrogen (secondary N) is 2. The Hall–Kier alpha value is -3.40. The summed E-state index contributed by atoms with van der Waals surface area (Å²) in [5, 5.41) is 2.77. The van der Waals surface area contributed by atoms with E-state index < -0.39 is 17.2 Å². The molecule has 0 saturated heterocycles.